The number of hydrogen-bond donors (Lipinski definition) is 1. The Hall–Kier alpha value is -3.43. The molecule has 1 aliphatic rings. The summed E-state index contributed by atoms with van der Waals surface area (Å²) in [4.78, 5) is 1.97. The standard InChI is InChI=1S/C23H24N2O6S/c1-25(2)23-21(28-3)9-15(10-22(23)29-4)18-12-20-19(30-13-31-20)11-17(18)14-5-7-16(8-6-14)32(24,26)27/h5-12H,13H2,1-4H3,(H2,24,26,27). The van der Waals surface area contributed by atoms with Crippen LogP contribution >= 0.6 is 0 Å². The lowest BCUT2D eigenvalue weighted by molar-refractivity contribution is 0.174. The highest BCUT2D eigenvalue weighted by Crippen LogP contribution is 2.47. The molecule has 0 bridgehead atoms. The van der Waals surface area contributed by atoms with Crippen LogP contribution in [0.2, 0.25) is 0 Å². The summed E-state index contributed by atoms with van der Waals surface area (Å²) >= 11 is 0. The van der Waals surface area contributed by atoms with Crippen LogP contribution in [-0.2, 0) is 10.0 Å². The molecule has 0 saturated carbocycles. The van der Waals surface area contributed by atoms with Crippen molar-refractivity contribution < 1.29 is 27.4 Å². The Morgan fingerprint density at radius 1 is 0.844 bits per heavy atom. The van der Waals surface area contributed by atoms with Gasteiger partial charge in [-0.2, -0.15) is 0 Å². The highest BCUT2D eigenvalue weighted by Gasteiger charge is 2.22. The molecule has 0 saturated heterocycles. The van der Waals surface area contributed by atoms with E-state index in [0.717, 1.165) is 27.9 Å². The van der Waals surface area contributed by atoms with Crippen LogP contribution in [0.3, 0.4) is 0 Å². The number of nitrogens with two attached hydrogens (primary N) is 1. The number of nitrogens with zero attached hydrogens (tertiary/aromatic N) is 1. The van der Waals surface area contributed by atoms with Crippen molar-refractivity contribution >= 4 is 15.7 Å². The molecular formula is C23H24N2O6S. The molecule has 0 spiro atoms. The molecule has 0 aromatic heterocycles. The zero-order valence-corrected chi connectivity index (χ0v) is 19.0. The Morgan fingerprint density at radius 3 is 1.78 bits per heavy atom. The van der Waals surface area contributed by atoms with E-state index in [1.807, 2.05) is 43.3 Å². The highest BCUT2D eigenvalue weighted by molar-refractivity contribution is 7.89. The predicted octanol–water partition coefficient (Wildman–Crippen LogP) is 3.48. The number of fused-ring (bicyclic) bond motifs is 1. The molecule has 0 fully saturated rings. The predicted molar refractivity (Wildman–Crippen MR) is 122 cm³/mol. The van der Waals surface area contributed by atoms with E-state index in [9.17, 15) is 8.42 Å². The molecule has 32 heavy (non-hydrogen) atoms. The molecule has 4 rings (SSSR count). The summed E-state index contributed by atoms with van der Waals surface area (Å²) in [7, 11) is 3.26. The van der Waals surface area contributed by atoms with Crippen LogP contribution in [0.15, 0.2) is 53.4 Å². The number of hydrogen-bond acceptors (Lipinski definition) is 7. The third-order valence-corrected chi connectivity index (χ3v) is 6.17. The maximum Gasteiger partial charge on any atom is 0.238 e. The van der Waals surface area contributed by atoms with Gasteiger partial charge in [0.1, 0.15) is 17.2 Å². The normalized spacial score (nSPS) is 12.5. The van der Waals surface area contributed by atoms with Crippen LogP contribution in [0.25, 0.3) is 22.3 Å². The van der Waals surface area contributed by atoms with Gasteiger partial charge in [0.15, 0.2) is 11.5 Å². The number of rotatable bonds is 6. The van der Waals surface area contributed by atoms with Crippen LogP contribution in [-0.4, -0.2) is 43.5 Å². The van der Waals surface area contributed by atoms with E-state index in [2.05, 4.69) is 0 Å². The maximum atomic E-state index is 11.7. The number of primary sulfonamides is 1. The third-order valence-electron chi connectivity index (χ3n) is 5.24. The fraction of sp³-hybridized carbons (Fsp3) is 0.217. The van der Waals surface area contributed by atoms with Gasteiger partial charge >= 0.3 is 0 Å². The van der Waals surface area contributed by atoms with Crippen molar-refractivity contribution in [3.8, 4) is 45.3 Å². The van der Waals surface area contributed by atoms with Crippen molar-refractivity contribution in [2.75, 3.05) is 40.0 Å². The van der Waals surface area contributed by atoms with Crippen LogP contribution in [0.1, 0.15) is 0 Å². The Labute approximate surface area is 187 Å². The zero-order chi connectivity index (χ0) is 23.0. The van der Waals surface area contributed by atoms with E-state index in [4.69, 9.17) is 24.1 Å². The zero-order valence-electron chi connectivity index (χ0n) is 18.2. The quantitative estimate of drug-likeness (QED) is 0.606. The first kappa shape index (κ1) is 21.8. The second-order valence-electron chi connectivity index (χ2n) is 7.44. The molecule has 1 heterocycles. The molecule has 1 aliphatic heterocycles. The Balaban J connectivity index is 1.94. The van der Waals surface area contributed by atoms with E-state index in [-0.39, 0.29) is 11.7 Å². The number of benzene rings is 3. The van der Waals surface area contributed by atoms with Gasteiger partial charge < -0.3 is 23.8 Å². The average Bonchev–Trinajstić information content (AvgIpc) is 3.24. The van der Waals surface area contributed by atoms with Gasteiger partial charge in [-0.15, -0.1) is 0 Å². The lowest BCUT2D eigenvalue weighted by Crippen LogP contribution is -2.12. The number of sulfonamides is 1. The molecule has 0 aliphatic carbocycles. The molecule has 2 N–H and O–H groups in total. The van der Waals surface area contributed by atoms with E-state index in [1.54, 1.807) is 26.4 Å². The summed E-state index contributed by atoms with van der Waals surface area (Å²) in [5, 5.41) is 5.25. The van der Waals surface area contributed by atoms with Crippen molar-refractivity contribution in [2.45, 2.75) is 4.90 Å². The molecule has 3 aromatic carbocycles. The molecule has 168 valence electrons. The third kappa shape index (κ3) is 3.92. The summed E-state index contributed by atoms with van der Waals surface area (Å²) in [6.45, 7) is 0.134. The van der Waals surface area contributed by atoms with E-state index >= 15 is 0 Å². The highest BCUT2D eigenvalue weighted by atomic mass is 32.2. The topological polar surface area (TPSA) is 100 Å². The SMILES string of the molecule is COc1cc(-c2cc3c(cc2-c2ccc(S(N)(=O)=O)cc2)OCO3)cc(OC)c1N(C)C. The van der Waals surface area contributed by atoms with Gasteiger partial charge in [-0.05, 0) is 58.7 Å². The monoisotopic (exact) mass is 456 g/mol. The van der Waals surface area contributed by atoms with E-state index < -0.39 is 10.0 Å². The lowest BCUT2D eigenvalue weighted by Gasteiger charge is -2.22. The number of anilines is 1. The van der Waals surface area contributed by atoms with Crippen molar-refractivity contribution in [1.82, 2.24) is 0 Å². The summed E-state index contributed by atoms with van der Waals surface area (Å²) in [5.41, 5.74) is 4.13. The number of methoxy groups -OCH3 is 2. The van der Waals surface area contributed by atoms with Crippen molar-refractivity contribution in [3.63, 3.8) is 0 Å². The molecule has 0 radical (unpaired) electrons. The second-order valence-corrected chi connectivity index (χ2v) is 9.01. The van der Waals surface area contributed by atoms with Gasteiger partial charge in [0.05, 0.1) is 19.1 Å². The fourth-order valence-corrected chi connectivity index (χ4v) is 4.25. The smallest absolute Gasteiger partial charge is 0.238 e. The van der Waals surface area contributed by atoms with Gasteiger partial charge in [-0.3, -0.25) is 0 Å². The van der Waals surface area contributed by atoms with E-state index in [1.165, 1.54) is 12.1 Å². The number of ether oxygens (including phenoxy) is 4. The first-order chi connectivity index (χ1) is 15.2. The summed E-state index contributed by atoms with van der Waals surface area (Å²) in [6.07, 6.45) is 0. The largest absolute Gasteiger partial charge is 0.494 e. The van der Waals surface area contributed by atoms with Crippen molar-refractivity contribution in [2.24, 2.45) is 5.14 Å². The molecule has 0 atom stereocenters. The molecule has 0 amide bonds. The first-order valence-electron chi connectivity index (χ1n) is 9.73. The van der Waals surface area contributed by atoms with Crippen molar-refractivity contribution in [3.05, 3.63) is 48.5 Å². The summed E-state index contributed by atoms with van der Waals surface area (Å²) in [6, 6.07) is 14.0. The average molecular weight is 457 g/mol. The molecule has 0 unspecified atom stereocenters. The van der Waals surface area contributed by atoms with Gasteiger partial charge in [0.2, 0.25) is 16.8 Å². The van der Waals surface area contributed by atoms with Gasteiger partial charge in [-0.25, -0.2) is 13.6 Å². The van der Waals surface area contributed by atoms with Gasteiger partial charge in [0, 0.05) is 14.1 Å². The minimum absolute atomic E-state index is 0.0437. The summed E-state index contributed by atoms with van der Waals surface area (Å²) in [5.74, 6) is 2.54. The maximum absolute atomic E-state index is 11.7. The molecule has 3 aromatic rings. The van der Waals surface area contributed by atoms with Crippen LogP contribution in [0.5, 0.6) is 23.0 Å². The lowest BCUT2D eigenvalue weighted by atomic mass is 9.93. The van der Waals surface area contributed by atoms with Gasteiger partial charge in [0.25, 0.3) is 0 Å². The first-order valence-corrected chi connectivity index (χ1v) is 11.3. The molecule has 9 heteroatoms. The molecule has 8 nitrogen and oxygen atoms in total. The summed E-state index contributed by atoms with van der Waals surface area (Å²) < 4.78 is 45.8. The minimum atomic E-state index is -3.79. The minimum Gasteiger partial charge on any atom is -0.494 e. The van der Waals surface area contributed by atoms with E-state index in [0.29, 0.717) is 23.0 Å². The fourth-order valence-electron chi connectivity index (χ4n) is 3.73. The second kappa shape index (κ2) is 8.25. The van der Waals surface area contributed by atoms with Crippen molar-refractivity contribution in [1.29, 1.82) is 0 Å². The van der Waals surface area contributed by atoms with Crippen LogP contribution < -0.4 is 29.0 Å². The van der Waals surface area contributed by atoms with Gasteiger partial charge in [-0.1, -0.05) is 12.1 Å². The van der Waals surface area contributed by atoms with Crippen LogP contribution in [0.4, 0.5) is 5.69 Å². The Bertz CT molecular complexity index is 1250. The Kier molecular flexibility index (Phi) is 5.62. The molecular weight excluding hydrogens is 432 g/mol. The van der Waals surface area contributed by atoms with Crippen LogP contribution in [0, 0.1) is 0 Å². The Morgan fingerprint density at radius 2 is 1.34 bits per heavy atom.